The van der Waals surface area contributed by atoms with Crippen molar-refractivity contribution in [2.75, 3.05) is 7.11 Å². The molecule has 192 valence electrons. The van der Waals surface area contributed by atoms with Gasteiger partial charge in [0.2, 0.25) is 0 Å². The molecule has 2 N–H and O–H groups in total. The lowest BCUT2D eigenvalue weighted by Crippen LogP contribution is -2.23. The molecule has 1 unspecified atom stereocenters. The van der Waals surface area contributed by atoms with Crippen LogP contribution in [0.25, 0.3) is 0 Å². The maximum absolute atomic E-state index is 11.0. The molecule has 37 heavy (non-hydrogen) atoms. The second-order valence-electron chi connectivity index (χ2n) is 11.1. The smallest absolute Gasteiger partial charge is 0.122 e. The Kier molecular flexibility index (Phi) is 7.10. The van der Waals surface area contributed by atoms with Crippen LogP contribution in [0.5, 0.6) is 17.2 Å². The van der Waals surface area contributed by atoms with E-state index < -0.39 is 0 Å². The molecule has 0 amide bonds. The number of methoxy groups -OCH3 is 1. The van der Waals surface area contributed by atoms with Crippen molar-refractivity contribution < 1.29 is 14.9 Å². The van der Waals surface area contributed by atoms with Crippen molar-refractivity contribution in [1.82, 2.24) is 0 Å². The summed E-state index contributed by atoms with van der Waals surface area (Å²) in [7, 11) is 1.67. The molecule has 4 aromatic carbocycles. The summed E-state index contributed by atoms with van der Waals surface area (Å²) in [6, 6.07) is 28.6. The predicted octanol–water partition coefficient (Wildman–Crippen LogP) is 8.22. The van der Waals surface area contributed by atoms with Gasteiger partial charge < -0.3 is 14.9 Å². The Labute approximate surface area is 221 Å². The van der Waals surface area contributed by atoms with Crippen molar-refractivity contribution in [3.8, 4) is 17.2 Å². The zero-order valence-electron chi connectivity index (χ0n) is 23.0. The van der Waals surface area contributed by atoms with E-state index in [2.05, 4.69) is 83.1 Å². The second-order valence-corrected chi connectivity index (χ2v) is 11.1. The molecule has 0 fully saturated rings. The highest BCUT2D eigenvalue weighted by Crippen LogP contribution is 2.41. The standard InChI is InChI=1S/C34H38O3/c1-22-19-28(21-31(32(22)36)23(2)24-11-17-30(37-7)18-12-24)34(5,6)27-10-8-9-26(20-27)33(3,4)25-13-15-29(35)16-14-25/h8-21,23,35-36H,1-7H3. The van der Waals surface area contributed by atoms with E-state index in [9.17, 15) is 10.2 Å². The maximum Gasteiger partial charge on any atom is 0.122 e. The van der Waals surface area contributed by atoms with Crippen LogP contribution >= 0.6 is 0 Å². The molecule has 1 atom stereocenters. The molecular weight excluding hydrogens is 456 g/mol. The Hall–Kier alpha value is -3.72. The van der Waals surface area contributed by atoms with E-state index in [0.717, 1.165) is 33.6 Å². The number of rotatable bonds is 7. The number of hydrogen-bond donors (Lipinski definition) is 2. The highest BCUT2D eigenvalue weighted by molar-refractivity contribution is 5.53. The number of aryl methyl sites for hydroxylation is 1. The molecular formula is C34H38O3. The average molecular weight is 495 g/mol. The van der Waals surface area contributed by atoms with Gasteiger partial charge in [0, 0.05) is 22.3 Å². The zero-order chi connectivity index (χ0) is 27.0. The van der Waals surface area contributed by atoms with Gasteiger partial charge in [0.25, 0.3) is 0 Å². The molecule has 0 aromatic heterocycles. The predicted molar refractivity (Wildman–Crippen MR) is 152 cm³/mol. The maximum atomic E-state index is 11.0. The van der Waals surface area contributed by atoms with Crippen molar-refractivity contribution in [2.24, 2.45) is 0 Å². The van der Waals surface area contributed by atoms with Gasteiger partial charge in [-0.3, -0.25) is 0 Å². The summed E-state index contributed by atoms with van der Waals surface area (Å²) >= 11 is 0. The quantitative estimate of drug-likeness (QED) is 0.272. The molecule has 0 aliphatic rings. The first-order chi connectivity index (χ1) is 17.4. The van der Waals surface area contributed by atoms with Gasteiger partial charge in [-0.2, -0.15) is 0 Å². The average Bonchev–Trinajstić information content (AvgIpc) is 2.90. The van der Waals surface area contributed by atoms with Gasteiger partial charge in [0.05, 0.1) is 7.11 Å². The lowest BCUT2D eigenvalue weighted by molar-refractivity contribution is 0.414. The van der Waals surface area contributed by atoms with Gasteiger partial charge in [-0.05, 0) is 64.6 Å². The van der Waals surface area contributed by atoms with Crippen molar-refractivity contribution in [3.63, 3.8) is 0 Å². The third-order valence-electron chi connectivity index (χ3n) is 8.03. The van der Waals surface area contributed by atoms with Crippen LogP contribution in [-0.4, -0.2) is 17.3 Å². The number of hydrogen-bond acceptors (Lipinski definition) is 3. The normalized spacial score (nSPS) is 12.8. The second kappa shape index (κ2) is 9.97. The molecule has 0 saturated heterocycles. The molecule has 4 aromatic rings. The van der Waals surface area contributed by atoms with Crippen molar-refractivity contribution in [2.45, 2.75) is 58.3 Å². The summed E-state index contributed by atoms with van der Waals surface area (Å²) < 4.78 is 5.32. The van der Waals surface area contributed by atoms with Crippen molar-refractivity contribution in [1.29, 1.82) is 0 Å². The van der Waals surface area contributed by atoms with Gasteiger partial charge >= 0.3 is 0 Å². The minimum absolute atomic E-state index is 0.0279. The monoisotopic (exact) mass is 494 g/mol. The number of ether oxygens (including phenoxy) is 1. The Morgan fingerprint density at radius 3 is 1.81 bits per heavy atom. The number of phenolic OH excluding ortho intramolecular Hbond substituents is 2. The fraction of sp³-hybridized carbons (Fsp3) is 0.294. The molecule has 0 radical (unpaired) electrons. The van der Waals surface area contributed by atoms with E-state index in [1.54, 1.807) is 19.2 Å². The van der Waals surface area contributed by atoms with Gasteiger partial charge in [0.15, 0.2) is 0 Å². The summed E-state index contributed by atoms with van der Waals surface area (Å²) in [5.74, 6) is 1.48. The van der Waals surface area contributed by atoms with E-state index in [4.69, 9.17) is 4.74 Å². The third-order valence-corrected chi connectivity index (χ3v) is 8.03. The third kappa shape index (κ3) is 5.09. The van der Waals surface area contributed by atoms with Crippen LogP contribution in [0.2, 0.25) is 0 Å². The molecule has 4 rings (SSSR count). The van der Waals surface area contributed by atoms with E-state index >= 15 is 0 Å². The van der Waals surface area contributed by atoms with Gasteiger partial charge in [-0.1, -0.05) is 95.3 Å². The molecule has 3 nitrogen and oxygen atoms in total. The Bertz CT molecular complexity index is 1380. The topological polar surface area (TPSA) is 49.7 Å². The summed E-state index contributed by atoms with van der Waals surface area (Å²) in [6.07, 6.45) is 0. The number of benzene rings is 4. The summed E-state index contributed by atoms with van der Waals surface area (Å²) in [4.78, 5) is 0. The SMILES string of the molecule is COc1ccc(C(C)c2cc(C(C)(C)c3cccc(C(C)(C)c4ccc(O)cc4)c3)cc(C)c2O)cc1. The Balaban J connectivity index is 1.74. The van der Waals surface area contributed by atoms with Crippen LogP contribution in [-0.2, 0) is 10.8 Å². The molecule has 0 saturated carbocycles. The first-order valence-electron chi connectivity index (χ1n) is 12.8. The lowest BCUT2D eigenvalue weighted by atomic mass is 9.72. The molecule has 0 spiro atoms. The van der Waals surface area contributed by atoms with E-state index in [1.807, 2.05) is 31.2 Å². The fourth-order valence-electron chi connectivity index (χ4n) is 5.08. The van der Waals surface area contributed by atoms with Crippen LogP contribution in [0, 0.1) is 6.92 Å². The van der Waals surface area contributed by atoms with Crippen LogP contribution in [0.3, 0.4) is 0 Å². The number of phenols is 2. The summed E-state index contributed by atoms with van der Waals surface area (Å²) in [5.41, 5.74) is 7.16. The van der Waals surface area contributed by atoms with E-state index in [1.165, 1.54) is 11.1 Å². The van der Waals surface area contributed by atoms with Crippen LogP contribution < -0.4 is 4.74 Å². The fourth-order valence-corrected chi connectivity index (χ4v) is 5.08. The molecule has 3 heteroatoms. The molecule has 0 heterocycles. The first kappa shape index (κ1) is 26.3. The van der Waals surface area contributed by atoms with Crippen LogP contribution in [0.4, 0.5) is 0 Å². The minimum Gasteiger partial charge on any atom is -0.508 e. The molecule has 0 aliphatic carbocycles. The van der Waals surface area contributed by atoms with Gasteiger partial charge in [-0.25, -0.2) is 0 Å². The molecule has 0 aliphatic heterocycles. The highest BCUT2D eigenvalue weighted by atomic mass is 16.5. The van der Waals surface area contributed by atoms with E-state index in [0.29, 0.717) is 5.75 Å². The summed E-state index contributed by atoms with van der Waals surface area (Å²) in [5, 5.41) is 20.8. The van der Waals surface area contributed by atoms with Crippen LogP contribution in [0.1, 0.15) is 79.5 Å². The largest absolute Gasteiger partial charge is 0.508 e. The van der Waals surface area contributed by atoms with E-state index in [-0.39, 0.29) is 22.5 Å². The van der Waals surface area contributed by atoms with Gasteiger partial charge in [-0.15, -0.1) is 0 Å². The zero-order valence-corrected chi connectivity index (χ0v) is 23.0. The summed E-state index contributed by atoms with van der Waals surface area (Å²) in [6.45, 7) is 13.0. The number of aromatic hydroxyl groups is 2. The Morgan fingerprint density at radius 2 is 1.24 bits per heavy atom. The van der Waals surface area contributed by atoms with Gasteiger partial charge in [0.1, 0.15) is 17.2 Å². The lowest BCUT2D eigenvalue weighted by Gasteiger charge is -2.32. The molecule has 0 bridgehead atoms. The van der Waals surface area contributed by atoms with Crippen LogP contribution in [0.15, 0.2) is 84.9 Å². The minimum atomic E-state index is -0.284. The highest BCUT2D eigenvalue weighted by Gasteiger charge is 2.29. The van der Waals surface area contributed by atoms with Crippen molar-refractivity contribution in [3.05, 3.63) is 124 Å². The van der Waals surface area contributed by atoms with Crippen molar-refractivity contribution >= 4 is 0 Å². The Morgan fingerprint density at radius 1 is 0.676 bits per heavy atom. The first-order valence-corrected chi connectivity index (χ1v) is 12.8.